The fraction of sp³-hybridized carbons (Fsp3) is 0.765. The topological polar surface area (TPSA) is 82.2 Å². The first kappa shape index (κ1) is 18.4. The molecule has 24 heavy (non-hydrogen) atoms. The number of rotatable bonds is 5. The van der Waals surface area contributed by atoms with E-state index in [4.69, 9.17) is 0 Å². The molecule has 1 atom stereocenters. The highest BCUT2D eigenvalue weighted by Crippen LogP contribution is 2.25. The van der Waals surface area contributed by atoms with E-state index in [-0.39, 0.29) is 17.9 Å². The van der Waals surface area contributed by atoms with E-state index in [9.17, 15) is 9.59 Å². The summed E-state index contributed by atoms with van der Waals surface area (Å²) in [5.74, 6) is 2.17. The number of carbonyl (C=O) groups is 2. The normalized spacial score (nSPS) is 18.5. The molecule has 1 aliphatic heterocycles. The Hall–Kier alpha value is -1.92. The predicted octanol–water partition coefficient (Wildman–Crippen LogP) is 1.92. The number of aryl methyl sites for hydroxylation is 1. The summed E-state index contributed by atoms with van der Waals surface area (Å²) in [7, 11) is 0. The van der Waals surface area contributed by atoms with Crippen molar-refractivity contribution in [1.29, 1.82) is 0 Å². The largest absolute Gasteiger partial charge is 0.338 e. The Bertz CT molecular complexity index is 581. The van der Waals surface area contributed by atoms with E-state index in [1.165, 1.54) is 0 Å². The molecule has 1 aromatic heterocycles. The van der Waals surface area contributed by atoms with Crippen molar-refractivity contribution in [2.45, 2.75) is 53.5 Å². The third-order valence-corrected chi connectivity index (χ3v) is 4.13. The highest BCUT2D eigenvalue weighted by molar-refractivity contribution is 5.79. The minimum absolute atomic E-state index is 0.105. The molecule has 1 N–H and O–H groups in total. The van der Waals surface area contributed by atoms with Crippen molar-refractivity contribution < 1.29 is 9.59 Å². The highest BCUT2D eigenvalue weighted by atomic mass is 16.2. The van der Waals surface area contributed by atoms with Crippen LogP contribution in [0.2, 0.25) is 0 Å². The molecular weight excluding hydrogens is 306 g/mol. The van der Waals surface area contributed by atoms with Gasteiger partial charge in [-0.2, -0.15) is 5.10 Å². The number of carbonyl (C=O) groups excluding carboxylic acids is 2. The molecule has 1 aromatic rings. The molecular formula is C17H29N5O2. The number of nitrogens with one attached hydrogen (secondary N) is 1. The van der Waals surface area contributed by atoms with Crippen LogP contribution in [0, 0.1) is 18.8 Å². The van der Waals surface area contributed by atoms with Crippen molar-refractivity contribution in [3.8, 4) is 0 Å². The third-order valence-electron chi connectivity index (χ3n) is 4.13. The molecule has 1 aliphatic rings. The summed E-state index contributed by atoms with van der Waals surface area (Å²) in [5.41, 5.74) is 0. The molecule has 0 radical (unpaired) electrons. The summed E-state index contributed by atoms with van der Waals surface area (Å²) in [5, 5.41) is 7.08. The minimum Gasteiger partial charge on any atom is -0.338 e. The van der Waals surface area contributed by atoms with E-state index < -0.39 is 0 Å². The Morgan fingerprint density at radius 3 is 2.29 bits per heavy atom. The second kappa shape index (κ2) is 7.77. The molecule has 7 nitrogen and oxygen atoms in total. The molecule has 0 aliphatic carbocycles. The van der Waals surface area contributed by atoms with Gasteiger partial charge in [0.15, 0.2) is 5.82 Å². The van der Waals surface area contributed by atoms with Gasteiger partial charge in [-0.3, -0.25) is 14.7 Å². The molecule has 2 amide bonds. The van der Waals surface area contributed by atoms with E-state index in [1.807, 2.05) is 44.4 Å². The Morgan fingerprint density at radius 2 is 1.75 bits per heavy atom. The van der Waals surface area contributed by atoms with E-state index in [2.05, 4.69) is 15.2 Å². The van der Waals surface area contributed by atoms with E-state index in [1.54, 1.807) is 0 Å². The minimum atomic E-state index is -0.272. The lowest BCUT2D eigenvalue weighted by atomic mass is 10.0. The maximum Gasteiger partial charge on any atom is 0.223 e. The lowest BCUT2D eigenvalue weighted by Crippen LogP contribution is -2.53. The highest BCUT2D eigenvalue weighted by Gasteiger charge is 2.35. The van der Waals surface area contributed by atoms with E-state index >= 15 is 0 Å². The first-order chi connectivity index (χ1) is 11.3. The van der Waals surface area contributed by atoms with Crippen LogP contribution in [0.15, 0.2) is 0 Å². The molecule has 134 valence electrons. The number of hydrogen-bond acceptors (Lipinski definition) is 4. The molecule has 1 unspecified atom stereocenters. The van der Waals surface area contributed by atoms with Crippen LogP contribution < -0.4 is 0 Å². The summed E-state index contributed by atoms with van der Waals surface area (Å²) < 4.78 is 0. The molecule has 7 heteroatoms. The summed E-state index contributed by atoms with van der Waals surface area (Å²) >= 11 is 0. The van der Waals surface area contributed by atoms with Gasteiger partial charge in [0.2, 0.25) is 11.8 Å². The molecule has 0 bridgehead atoms. The quantitative estimate of drug-likeness (QED) is 0.891. The molecule has 2 rings (SSSR count). The number of aromatic nitrogens is 3. The number of H-pyrrole nitrogens is 1. The zero-order chi connectivity index (χ0) is 17.9. The van der Waals surface area contributed by atoms with Gasteiger partial charge < -0.3 is 9.80 Å². The SMILES string of the molecule is Cc1nc(C2CN(C(=O)CC(C)C)CCN2C(=O)CC(C)C)n[nH]1. The van der Waals surface area contributed by atoms with Crippen molar-refractivity contribution in [2.24, 2.45) is 11.8 Å². The maximum atomic E-state index is 12.6. The summed E-state index contributed by atoms with van der Waals surface area (Å²) in [6.45, 7) is 11.6. The van der Waals surface area contributed by atoms with Crippen LogP contribution >= 0.6 is 0 Å². The smallest absolute Gasteiger partial charge is 0.223 e. The van der Waals surface area contributed by atoms with Gasteiger partial charge >= 0.3 is 0 Å². The van der Waals surface area contributed by atoms with Crippen LogP contribution in [0.1, 0.15) is 58.2 Å². The van der Waals surface area contributed by atoms with Gasteiger partial charge in [-0.15, -0.1) is 0 Å². The zero-order valence-corrected chi connectivity index (χ0v) is 15.4. The van der Waals surface area contributed by atoms with Crippen LogP contribution in [0.4, 0.5) is 0 Å². The fourth-order valence-electron chi connectivity index (χ4n) is 2.98. The summed E-state index contributed by atoms with van der Waals surface area (Å²) in [6.07, 6.45) is 1.03. The van der Waals surface area contributed by atoms with Crippen LogP contribution in [0.3, 0.4) is 0 Å². The molecule has 2 heterocycles. The van der Waals surface area contributed by atoms with Crippen LogP contribution in [0.25, 0.3) is 0 Å². The second-order valence-electron chi connectivity index (χ2n) is 7.42. The monoisotopic (exact) mass is 335 g/mol. The Morgan fingerprint density at radius 1 is 1.12 bits per heavy atom. The number of piperazine rings is 1. The van der Waals surface area contributed by atoms with Gasteiger partial charge in [0, 0.05) is 32.5 Å². The van der Waals surface area contributed by atoms with Crippen LogP contribution in [-0.4, -0.2) is 56.4 Å². The Kier molecular flexibility index (Phi) is 5.96. The third kappa shape index (κ3) is 4.55. The first-order valence-corrected chi connectivity index (χ1v) is 8.74. The van der Waals surface area contributed by atoms with Crippen molar-refractivity contribution in [3.63, 3.8) is 0 Å². The molecule has 0 aromatic carbocycles. The van der Waals surface area contributed by atoms with Crippen LogP contribution in [-0.2, 0) is 9.59 Å². The van der Waals surface area contributed by atoms with Crippen molar-refractivity contribution >= 4 is 11.8 Å². The Balaban J connectivity index is 2.18. The average molecular weight is 335 g/mol. The zero-order valence-electron chi connectivity index (χ0n) is 15.4. The number of nitrogens with zero attached hydrogens (tertiary/aromatic N) is 4. The van der Waals surface area contributed by atoms with Crippen molar-refractivity contribution in [1.82, 2.24) is 25.0 Å². The molecule has 1 saturated heterocycles. The van der Waals surface area contributed by atoms with Crippen molar-refractivity contribution in [2.75, 3.05) is 19.6 Å². The van der Waals surface area contributed by atoms with Crippen LogP contribution in [0.5, 0.6) is 0 Å². The predicted molar refractivity (Wildman–Crippen MR) is 91.1 cm³/mol. The fourth-order valence-corrected chi connectivity index (χ4v) is 2.98. The van der Waals surface area contributed by atoms with Gasteiger partial charge in [0.25, 0.3) is 0 Å². The van der Waals surface area contributed by atoms with Gasteiger partial charge in [-0.25, -0.2) is 4.98 Å². The summed E-state index contributed by atoms with van der Waals surface area (Å²) in [6, 6.07) is -0.272. The number of aromatic amines is 1. The van der Waals surface area contributed by atoms with Gasteiger partial charge in [-0.1, -0.05) is 27.7 Å². The van der Waals surface area contributed by atoms with Gasteiger partial charge in [0.05, 0.1) is 0 Å². The standard InChI is InChI=1S/C17H29N5O2/c1-11(2)8-15(23)21-6-7-22(16(24)9-12(3)4)14(10-21)17-18-13(5)19-20-17/h11-12,14H,6-10H2,1-5H3,(H,18,19,20). The lowest BCUT2D eigenvalue weighted by Gasteiger charge is -2.40. The summed E-state index contributed by atoms with van der Waals surface area (Å²) in [4.78, 5) is 33.1. The van der Waals surface area contributed by atoms with E-state index in [0.29, 0.717) is 56.0 Å². The Labute approximate surface area is 143 Å². The van der Waals surface area contributed by atoms with Crippen molar-refractivity contribution in [3.05, 3.63) is 11.6 Å². The molecule has 0 spiro atoms. The molecule has 1 fully saturated rings. The molecule has 0 saturated carbocycles. The lowest BCUT2D eigenvalue weighted by molar-refractivity contribution is -0.144. The first-order valence-electron chi connectivity index (χ1n) is 8.74. The van der Waals surface area contributed by atoms with Gasteiger partial charge in [0.1, 0.15) is 11.9 Å². The van der Waals surface area contributed by atoms with Gasteiger partial charge in [-0.05, 0) is 18.8 Å². The van der Waals surface area contributed by atoms with E-state index in [0.717, 1.165) is 0 Å². The average Bonchev–Trinajstić information content (AvgIpc) is 2.91. The maximum absolute atomic E-state index is 12.6. The second-order valence-corrected chi connectivity index (χ2v) is 7.42. The number of hydrogen-bond donors (Lipinski definition) is 1. The number of amides is 2.